The fourth-order valence-electron chi connectivity index (χ4n) is 3.54. The third-order valence-electron chi connectivity index (χ3n) is 4.98. The molecule has 0 spiro atoms. The Morgan fingerprint density at radius 2 is 2.04 bits per heavy atom. The Hall–Kier alpha value is -1.84. The molecule has 1 unspecified atom stereocenters. The van der Waals surface area contributed by atoms with Crippen LogP contribution in [0.1, 0.15) is 58.2 Å². The topological polar surface area (TPSA) is 38.1 Å². The molecule has 3 rings (SSSR count). The van der Waals surface area contributed by atoms with Crippen LogP contribution in [0.2, 0.25) is 0 Å². The first-order valence-electron chi connectivity index (χ1n) is 9.33. The molecule has 4 nitrogen and oxygen atoms in total. The quantitative estimate of drug-likeness (QED) is 0.764. The summed E-state index contributed by atoms with van der Waals surface area (Å²) in [5.74, 6) is 2.28. The van der Waals surface area contributed by atoms with Gasteiger partial charge in [0.2, 0.25) is 5.91 Å². The number of carbonyl (C=O) groups is 1. The number of aromatic nitrogens is 2. The molecule has 1 aliphatic rings. The van der Waals surface area contributed by atoms with Gasteiger partial charge in [-0.05, 0) is 30.9 Å². The molecule has 1 aromatic carbocycles. The van der Waals surface area contributed by atoms with E-state index in [0.717, 1.165) is 50.2 Å². The van der Waals surface area contributed by atoms with Gasteiger partial charge in [-0.2, -0.15) is 0 Å². The number of fused-ring (bicyclic) bond motifs is 1. The number of hydrogen-bond acceptors (Lipinski definition) is 2. The van der Waals surface area contributed by atoms with Gasteiger partial charge in [0.1, 0.15) is 5.82 Å². The van der Waals surface area contributed by atoms with Crippen LogP contribution < -0.4 is 0 Å². The number of benzene rings is 1. The standard InChI is InChI=1S/C20H29N3O/c1-4-5-11-22-14-16(13-19(22)24)20-21-17-8-6-7-9-18(17)23(20)12-10-15(2)3/h6-9,15-16H,4-5,10-14H2,1-3H3. The number of rotatable bonds is 7. The Bertz CT molecular complexity index is 704. The summed E-state index contributed by atoms with van der Waals surface area (Å²) in [5.41, 5.74) is 2.25. The van der Waals surface area contributed by atoms with Crippen molar-refractivity contribution in [1.29, 1.82) is 0 Å². The van der Waals surface area contributed by atoms with Crippen molar-refractivity contribution in [2.24, 2.45) is 5.92 Å². The summed E-state index contributed by atoms with van der Waals surface area (Å²) in [6.07, 6.45) is 3.95. The van der Waals surface area contributed by atoms with Crippen molar-refractivity contribution in [3.8, 4) is 0 Å². The lowest BCUT2D eigenvalue weighted by Crippen LogP contribution is -2.26. The monoisotopic (exact) mass is 327 g/mol. The molecule has 0 bridgehead atoms. The molecule has 1 atom stereocenters. The SMILES string of the molecule is CCCCN1CC(c2nc3ccccc3n2CCC(C)C)CC1=O. The van der Waals surface area contributed by atoms with Crippen molar-refractivity contribution in [3.63, 3.8) is 0 Å². The first-order chi connectivity index (χ1) is 11.6. The molecule has 1 fully saturated rings. The average molecular weight is 327 g/mol. The summed E-state index contributed by atoms with van der Waals surface area (Å²) >= 11 is 0. The summed E-state index contributed by atoms with van der Waals surface area (Å²) < 4.78 is 2.36. The van der Waals surface area contributed by atoms with Crippen LogP contribution in [0.5, 0.6) is 0 Å². The highest BCUT2D eigenvalue weighted by molar-refractivity contribution is 5.80. The van der Waals surface area contributed by atoms with Crippen molar-refractivity contribution in [2.45, 2.75) is 58.9 Å². The normalized spacial score (nSPS) is 18.2. The van der Waals surface area contributed by atoms with Gasteiger partial charge in [-0.15, -0.1) is 0 Å². The summed E-state index contributed by atoms with van der Waals surface area (Å²) in [6.45, 7) is 9.37. The summed E-state index contributed by atoms with van der Waals surface area (Å²) in [6, 6.07) is 8.35. The number of aryl methyl sites for hydroxylation is 1. The van der Waals surface area contributed by atoms with E-state index in [1.54, 1.807) is 0 Å². The Labute approximate surface area is 144 Å². The maximum atomic E-state index is 12.3. The summed E-state index contributed by atoms with van der Waals surface area (Å²) in [7, 11) is 0. The molecule has 1 amide bonds. The molecule has 0 aliphatic carbocycles. The zero-order valence-electron chi connectivity index (χ0n) is 15.2. The Balaban J connectivity index is 1.88. The first kappa shape index (κ1) is 17.0. The molecule has 0 N–H and O–H groups in total. The zero-order chi connectivity index (χ0) is 17.1. The second-order valence-corrected chi connectivity index (χ2v) is 7.39. The van der Waals surface area contributed by atoms with Crippen LogP contribution in [0.4, 0.5) is 0 Å². The molecule has 2 heterocycles. The molecule has 1 aromatic heterocycles. The minimum absolute atomic E-state index is 0.230. The van der Waals surface area contributed by atoms with Gasteiger partial charge >= 0.3 is 0 Å². The number of carbonyl (C=O) groups excluding carboxylic acids is 1. The number of para-hydroxylation sites is 2. The number of likely N-dealkylation sites (tertiary alicyclic amines) is 1. The Morgan fingerprint density at radius 1 is 1.25 bits per heavy atom. The minimum Gasteiger partial charge on any atom is -0.342 e. The van der Waals surface area contributed by atoms with Crippen LogP contribution >= 0.6 is 0 Å². The number of unbranched alkanes of at least 4 members (excludes halogenated alkanes) is 1. The van der Waals surface area contributed by atoms with Gasteiger partial charge in [-0.3, -0.25) is 4.79 Å². The van der Waals surface area contributed by atoms with Crippen LogP contribution in [0.25, 0.3) is 11.0 Å². The highest BCUT2D eigenvalue weighted by atomic mass is 16.2. The van der Waals surface area contributed by atoms with Crippen LogP contribution in [-0.4, -0.2) is 33.4 Å². The van der Waals surface area contributed by atoms with Crippen molar-refractivity contribution in [2.75, 3.05) is 13.1 Å². The van der Waals surface area contributed by atoms with E-state index in [0.29, 0.717) is 12.3 Å². The molecule has 2 aromatic rings. The van der Waals surface area contributed by atoms with Crippen LogP contribution in [-0.2, 0) is 11.3 Å². The van der Waals surface area contributed by atoms with Gasteiger partial charge in [0.15, 0.2) is 0 Å². The highest BCUT2D eigenvalue weighted by Gasteiger charge is 2.33. The molecule has 0 saturated carbocycles. The number of nitrogens with zero attached hydrogens (tertiary/aromatic N) is 3. The number of imidazole rings is 1. The summed E-state index contributed by atoms with van der Waals surface area (Å²) in [4.78, 5) is 19.3. The van der Waals surface area contributed by atoms with Gasteiger partial charge in [0, 0.05) is 32.0 Å². The van der Waals surface area contributed by atoms with Crippen molar-refractivity contribution < 1.29 is 4.79 Å². The average Bonchev–Trinajstić information content (AvgIpc) is 3.11. The molecule has 4 heteroatoms. The van der Waals surface area contributed by atoms with Crippen LogP contribution in [0, 0.1) is 5.92 Å². The van der Waals surface area contributed by atoms with Gasteiger partial charge < -0.3 is 9.47 Å². The van der Waals surface area contributed by atoms with Crippen molar-refractivity contribution in [1.82, 2.24) is 14.5 Å². The molecular weight excluding hydrogens is 298 g/mol. The third kappa shape index (κ3) is 3.47. The minimum atomic E-state index is 0.230. The van der Waals surface area contributed by atoms with E-state index in [2.05, 4.69) is 43.5 Å². The molecule has 1 aliphatic heterocycles. The Morgan fingerprint density at radius 3 is 2.79 bits per heavy atom. The second-order valence-electron chi connectivity index (χ2n) is 7.39. The predicted molar refractivity (Wildman–Crippen MR) is 98.0 cm³/mol. The van der Waals surface area contributed by atoms with Crippen molar-refractivity contribution in [3.05, 3.63) is 30.1 Å². The predicted octanol–water partition coefficient (Wildman–Crippen LogP) is 4.20. The molecule has 1 saturated heterocycles. The maximum absolute atomic E-state index is 12.3. The lowest BCUT2D eigenvalue weighted by atomic mass is 10.1. The largest absolute Gasteiger partial charge is 0.342 e. The lowest BCUT2D eigenvalue weighted by molar-refractivity contribution is -0.127. The zero-order valence-corrected chi connectivity index (χ0v) is 15.2. The van der Waals surface area contributed by atoms with E-state index >= 15 is 0 Å². The molecule has 24 heavy (non-hydrogen) atoms. The van der Waals surface area contributed by atoms with Gasteiger partial charge in [0.05, 0.1) is 11.0 Å². The van der Waals surface area contributed by atoms with E-state index in [4.69, 9.17) is 4.98 Å². The number of amides is 1. The first-order valence-corrected chi connectivity index (χ1v) is 9.33. The second kappa shape index (κ2) is 7.37. The van der Waals surface area contributed by atoms with E-state index in [1.807, 2.05) is 11.0 Å². The molecule has 0 radical (unpaired) electrons. The lowest BCUT2D eigenvalue weighted by Gasteiger charge is -2.17. The van der Waals surface area contributed by atoms with E-state index in [-0.39, 0.29) is 11.8 Å². The maximum Gasteiger partial charge on any atom is 0.223 e. The fourth-order valence-corrected chi connectivity index (χ4v) is 3.54. The highest BCUT2D eigenvalue weighted by Crippen LogP contribution is 2.31. The van der Waals surface area contributed by atoms with Crippen LogP contribution in [0.15, 0.2) is 24.3 Å². The Kier molecular flexibility index (Phi) is 5.22. The van der Waals surface area contributed by atoms with E-state index in [9.17, 15) is 4.79 Å². The van der Waals surface area contributed by atoms with Crippen LogP contribution in [0.3, 0.4) is 0 Å². The van der Waals surface area contributed by atoms with Crippen molar-refractivity contribution >= 4 is 16.9 Å². The molecule has 130 valence electrons. The van der Waals surface area contributed by atoms with E-state index < -0.39 is 0 Å². The summed E-state index contributed by atoms with van der Waals surface area (Å²) in [5, 5.41) is 0. The van der Waals surface area contributed by atoms with Gasteiger partial charge in [0.25, 0.3) is 0 Å². The van der Waals surface area contributed by atoms with E-state index in [1.165, 1.54) is 5.52 Å². The van der Waals surface area contributed by atoms with Gasteiger partial charge in [-0.1, -0.05) is 39.3 Å². The van der Waals surface area contributed by atoms with Gasteiger partial charge in [-0.25, -0.2) is 4.98 Å². The molecular formula is C20H29N3O. The third-order valence-corrected chi connectivity index (χ3v) is 4.98. The smallest absolute Gasteiger partial charge is 0.223 e. The fraction of sp³-hybridized carbons (Fsp3) is 0.600. The number of hydrogen-bond donors (Lipinski definition) is 0.